The highest BCUT2D eigenvalue weighted by molar-refractivity contribution is 7.98. The number of ether oxygens (including phenoxy) is 1. The molecule has 0 bridgehead atoms. The third kappa shape index (κ3) is 5.73. The molecule has 8 heteroatoms. The lowest BCUT2D eigenvalue weighted by Crippen LogP contribution is -2.28. The minimum Gasteiger partial charge on any atom is -0.451 e. The summed E-state index contributed by atoms with van der Waals surface area (Å²) < 4.78 is 6.52. The number of hydrogen-bond acceptors (Lipinski definition) is 6. The Morgan fingerprint density at radius 1 is 1.10 bits per heavy atom. The number of thioether (sulfide) groups is 1. The van der Waals surface area contributed by atoms with Crippen LogP contribution in [0.1, 0.15) is 36.7 Å². The van der Waals surface area contributed by atoms with Crippen LogP contribution in [0.2, 0.25) is 0 Å². The Balaban J connectivity index is 1.75. The number of rotatable bonds is 9. The largest absolute Gasteiger partial charge is 0.451 e. The first-order valence-electron chi connectivity index (χ1n) is 10.1. The van der Waals surface area contributed by atoms with Crippen molar-refractivity contribution in [2.24, 2.45) is 0 Å². The lowest BCUT2D eigenvalue weighted by atomic mass is 10.1. The number of fused-ring (bicyclic) bond motifs is 1. The number of anilines is 1. The normalized spacial score (nSPS) is 10.8. The molecule has 0 unspecified atom stereocenters. The average Bonchev–Trinajstić information content (AvgIpc) is 2.79. The van der Waals surface area contributed by atoms with Crippen LogP contribution in [-0.2, 0) is 16.1 Å². The number of nitrogens with one attached hydrogen (secondary N) is 1. The van der Waals surface area contributed by atoms with Crippen molar-refractivity contribution in [1.82, 2.24) is 9.78 Å². The zero-order valence-electron chi connectivity index (χ0n) is 17.6. The van der Waals surface area contributed by atoms with Gasteiger partial charge in [-0.15, -0.1) is 11.8 Å². The highest BCUT2D eigenvalue weighted by atomic mass is 32.2. The molecule has 1 amide bonds. The van der Waals surface area contributed by atoms with Gasteiger partial charge in [0, 0.05) is 22.5 Å². The second-order valence-electron chi connectivity index (χ2n) is 6.99. The van der Waals surface area contributed by atoms with Gasteiger partial charge in [0.1, 0.15) is 0 Å². The smallest absolute Gasteiger partial charge is 0.359 e. The van der Waals surface area contributed by atoms with Crippen molar-refractivity contribution >= 4 is 40.1 Å². The summed E-state index contributed by atoms with van der Waals surface area (Å²) in [5.41, 5.74) is 0.416. The summed E-state index contributed by atoms with van der Waals surface area (Å²) in [5, 5.41) is 7.78. The van der Waals surface area contributed by atoms with Crippen LogP contribution in [-0.4, -0.2) is 34.5 Å². The summed E-state index contributed by atoms with van der Waals surface area (Å²) in [4.78, 5) is 38.7. The summed E-state index contributed by atoms with van der Waals surface area (Å²) in [6, 6.07) is 14.2. The van der Waals surface area contributed by atoms with Crippen LogP contribution in [0.4, 0.5) is 5.69 Å². The van der Waals surface area contributed by atoms with Gasteiger partial charge >= 0.3 is 5.97 Å². The molecule has 0 saturated carbocycles. The molecule has 0 fully saturated rings. The maximum absolute atomic E-state index is 12.7. The maximum Gasteiger partial charge on any atom is 0.359 e. The number of aryl methyl sites for hydroxylation is 1. The summed E-state index contributed by atoms with van der Waals surface area (Å²) in [6.45, 7) is 2.04. The standard InChI is InChI=1S/C23H25N3O4S/c1-3-4-7-13-26-22(28)19-12-6-5-11-18(19)21(25-26)23(29)30-15-20(27)24-16-9-8-10-17(14-16)31-2/h5-6,8-12,14H,3-4,7,13,15H2,1-2H3,(H,24,27). The number of amides is 1. The molecule has 2 aromatic carbocycles. The zero-order valence-corrected chi connectivity index (χ0v) is 18.4. The van der Waals surface area contributed by atoms with Gasteiger partial charge in [-0.2, -0.15) is 5.10 Å². The van der Waals surface area contributed by atoms with Crippen molar-refractivity contribution in [1.29, 1.82) is 0 Å². The number of unbranched alkanes of at least 4 members (excludes halogenated alkanes) is 2. The number of benzene rings is 2. The van der Waals surface area contributed by atoms with Crippen molar-refractivity contribution in [2.75, 3.05) is 18.2 Å². The Hall–Kier alpha value is -3.13. The molecule has 31 heavy (non-hydrogen) atoms. The number of hydrogen-bond donors (Lipinski definition) is 1. The van der Waals surface area contributed by atoms with Crippen LogP contribution < -0.4 is 10.9 Å². The van der Waals surface area contributed by atoms with Crippen molar-refractivity contribution < 1.29 is 14.3 Å². The molecule has 0 atom stereocenters. The Kier molecular flexibility index (Phi) is 7.83. The molecule has 0 spiro atoms. The van der Waals surface area contributed by atoms with Crippen LogP contribution in [0.25, 0.3) is 10.8 Å². The molecule has 1 N–H and O–H groups in total. The molecule has 0 saturated heterocycles. The second kappa shape index (κ2) is 10.8. The van der Waals surface area contributed by atoms with Crippen molar-refractivity contribution in [2.45, 2.75) is 37.6 Å². The van der Waals surface area contributed by atoms with Gasteiger partial charge in [0.25, 0.3) is 11.5 Å². The van der Waals surface area contributed by atoms with Crippen molar-refractivity contribution in [3.8, 4) is 0 Å². The van der Waals surface area contributed by atoms with Gasteiger partial charge in [0.2, 0.25) is 0 Å². The number of esters is 1. The van der Waals surface area contributed by atoms with Gasteiger partial charge in [-0.3, -0.25) is 9.59 Å². The third-order valence-electron chi connectivity index (χ3n) is 4.72. The van der Waals surface area contributed by atoms with Gasteiger partial charge in [0.15, 0.2) is 12.3 Å². The molecule has 0 radical (unpaired) electrons. The number of carbonyl (C=O) groups is 2. The molecular weight excluding hydrogens is 414 g/mol. The fraction of sp³-hybridized carbons (Fsp3) is 0.304. The van der Waals surface area contributed by atoms with Crippen LogP contribution >= 0.6 is 11.8 Å². The van der Waals surface area contributed by atoms with E-state index in [0.29, 0.717) is 23.0 Å². The fourth-order valence-corrected chi connectivity index (χ4v) is 3.61. The first-order chi connectivity index (χ1) is 15.0. The quantitative estimate of drug-likeness (QED) is 0.307. The molecule has 3 aromatic rings. The highest BCUT2D eigenvalue weighted by Gasteiger charge is 2.19. The van der Waals surface area contributed by atoms with E-state index in [1.807, 2.05) is 24.5 Å². The number of nitrogens with zero attached hydrogens (tertiary/aromatic N) is 2. The first-order valence-corrected chi connectivity index (χ1v) is 11.4. The molecular formula is C23H25N3O4S. The molecule has 3 rings (SSSR count). The lowest BCUT2D eigenvalue weighted by Gasteiger charge is -2.11. The average molecular weight is 440 g/mol. The van der Waals surface area contributed by atoms with E-state index in [2.05, 4.69) is 17.3 Å². The van der Waals surface area contributed by atoms with E-state index in [1.54, 1.807) is 42.1 Å². The SMILES string of the molecule is CCCCCn1nc(C(=O)OCC(=O)Nc2cccc(SC)c2)c2ccccc2c1=O. The van der Waals surface area contributed by atoms with E-state index in [0.717, 1.165) is 24.2 Å². The van der Waals surface area contributed by atoms with E-state index >= 15 is 0 Å². The lowest BCUT2D eigenvalue weighted by molar-refractivity contribution is -0.119. The Bertz CT molecular complexity index is 1140. The Morgan fingerprint density at radius 3 is 2.61 bits per heavy atom. The molecule has 0 aliphatic rings. The summed E-state index contributed by atoms with van der Waals surface area (Å²) in [7, 11) is 0. The van der Waals surface area contributed by atoms with Gasteiger partial charge in [-0.25, -0.2) is 9.48 Å². The monoisotopic (exact) mass is 439 g/mol. The van der Waals surface area contributed by atoms with E-state index in [-0.39, 0.29) is 11.3 Å². The predicted octanol–water partition coefficient (Wildman–Crippen LogP) is 4.10. The molecule has 1 heterocycles. The fourth-order valence-electron chi connectivity index (χ4n) is 3.15. The van der Waals surface area contributed by atoms with E-state index in [4.69, 9.17) is 4.74 Å². The van der Waals surface area contributed by atoms with Gasteiger partial charge in [0.05, 0.1) is 5.39 Å². The molecule has 0 aliphatic heterocycles. The summed E-state index contributed by atoms with van der Waals surface area (Å²) in [5.74, 6) is -1.19. The maximum atomic E-state index is 12.7. The first kappa shape index (κ1) is 22.6. The van der Waals surface area contributed by atoms with Crippen molar-refractivity contribution in [3.05, 3.63) is 64.6 Å². The minimum atomic E-state index is -0.742. The van der Waals surface area contributed by atoms with Gasteiger partial charge < -0.3 is 10.1 Å². The number of carbonyl (C=O) groups excluding carboxylic acids is 2. The molecule has 162 valence electrons. The van der Waals surface area contributed by atoms with E-state index in [1.165, 1.54) is 4.68 Å². The highest BCUT2D eigenvalue weighted by Crippen LogP contribution is 2.19. The van der Waals surface area contributed by atoms with Crippen LogP contribution in [0.15, 0.2) is 58.2 Å². The Morgan fingerprint density at radius 2 is 1.87 bits per heavy atom. The van der Waals surface area contributed by atoms with Crippen LogP contribution in [0, 0.1) is 0 Å². The number of aromatic nitrogens is 2. The Labute approximate surface area is 184 Å². The second-order valence-corrected chi connectivity index (χ2v) is 7.87. The van der Waals surface area contributed by atoms with E-state index in [9.17, 15) is 14.4 Å². The molecule has 7 nitrogen and oxygen atoms in total. The van der Waals surface area contributed by atoms with Gasteiger partial charge in [-0.1, -0.05) is 44.0 Å². The molecule has 1 aromatic heterocycles. The van der Waals surface area contributed by atoms with Crippen LogP contribution in [0.5, 0.6) is 0 Å². The topological polar surface area (TPSA) is 90.3 Å². The van der Waals surface area contributed by atoms with Crippen LogP contribution in [0.3, 0.4) is 0 Å². The summed E-state index contributed by atoms with van der Waals surface area (Å²) >= 11 is 1.56. The predicted molar refractivity (Wildman–Crippen MR) is 123 cm³/mol. The molecule has 0 aliphatic carbocycles. The van der Waals surface area contributed by atoms with E-state index < -0.39 is 18.5 Å². The zero-order chi connectivity index (χ0) is 22.2. The summed E-state index contributed by atoms with van der Waals surface area (Å²) in [6.07, 6.45) is 4.69. The minimum absolute atomic E-state index is 0.0314. The van der Waals surface area contributed by atoms with Gasteiger partial charge in [-0.05, 0) is 36.9 Å². The third-order valence-corrected chi connectivity index (χ3v) is 5.45. The van der Waals surface area contributed by atoms with Crippen molar-refractivity contribution in [3.63, 3.8) is 0 Å².